The van der Waals surface area contributed by atoms with E-state index >= 15 is 0 Å². The van der Waals surface area contributed by atoms with E-state index in [4.69, 9.17) is 9.47 Å². The maximum atomic E-state index is 12.0. The van der Waals surface area contributed by atoms with E-state index in [1.807, 2.05) is 0 Å². The molecule has 0 radical (unpaired) electrons. The Labute approximate surface area is 148 Å². The molecule has 3 N–H and O–H groups in total. The molecule has 3 rings (SSSR count). The molecule has 0 atom stereocenters. The lowest BCUT2D eigenvalue weighted by Gasteiger charge is -2.09. The van der Waals surface area contributed by atoms with Crippen LogP contribution in [0.5, 0.6) is 11.5 Å². The van der Waals surface area contributed by atoms with Crippen LogP contribution < -0.4 is 25.4 Å². The molecular formula is C17H16N4O5. The number of pyridine rings is 1. The summed E-state index contributed by atoms with van der Waals surface area (Å²) in [5, 5.41) is 7.53. The fourth-order valence-electron chi connectivity index (χ4n) is 2.25. The number of hydrogen-bond donors (Lipinski definition) is 3. The van der Waals surface area contributed by atoms with Gasteiger partial charge in [-0.1, -0.05) is 12.1 Å². The second kappa shape index (κ2) is 7.51. The van der Waals surface area contributed by atoms with Crippen LogP contribution in [-0.2, 0) is 20.9 Å². The van der Waals surface area contributed by atoms with Crippen LogP contribution in [0.2, 0.25) is 0 Å². The first-order valence-corrected chi connectivity index (χ1v) is 7.73. The number of ether oxygens (including phenoxy) is 2. The highest BCUT2D eigenvalue weighted by atomic mass is 16.7. The Kier molecular flexibility index (Phi) is 4.97. The Hall–Kier alpha value is -3.62. The molecule has 1 aromatic heterocycles. The molecule has 1 aliphatic rings. The number of carbonyl (C=O) groups is 3. The lowest BCUT2D eigenvalue weighted by atomic mass is 10.2. The molecule has 2 aromatic rings. The van der Waals surface area contributed by atoms with Gasteiger partial charge in [-0.3, -0.25) is 14.4 Å². The number of nitrogens with zero attached hydrogens (tertiary/aromatic N) is 1. The van der Waals surface area contributed by atoms with Gasteiger partial charge in [-0.2, -0.15) is 0 Å². The van der Waals surface area contributed by atoms with E-state index in [1.54, 1.807) is 30.3 Å². The van der Waals surface area contributed by atoms with Gasteiger partial charge in [0.25, 0.3) is 0 Å². The third kappa shape index (κ3) is 4.07. The van der Waals surface area contributed by atoms with Gasteiger partial charge in [0.2, 0.25) is 12.7 Å². The topological polar surface area (TPSA) is 119 Å². The van der Waals surface area contributed by atoms with Gasteiger partial charge in [0, 0.05) is 19.7 Å². The van der Waals surface area contributed by atoms with E-state index in [1.165, 1.54) is 13.1 Å². The van der Waals surface area contributed by atoms with Crippen LogP contribution >= 0.6 is 0 Å². The van der Waals surface area contributed by atoms with E-state index in [9.17, 15) is 14.4 Å². The maximum Gasteiger partial charge on any atom is 0.313 e. The highest BCUT2D eigenvalue weighted by Crippen LogP contribution is 2.38. The standard InChI is InChI=1S/C17H16N4O5/c1-10(22)20-14-6-5-11(7-18-14)8-19-16(23)17(24)21-12-3-2-4-13-15(12)26-9-25-13/h2-7H,8-9H2,1H3,(H,19,23)(H,21,24)(H,18,20,22). The van der Waals surface area contributed by atoms with E-state index in [0.29, 0.717) is 28.6 Å². The Balaban J connectivity index is 1.54. The fraction of sp³-hybridized carbons (Fsp3) is 0.176. The van der Waals surface area contributed by atoms with E-state index in [-0.39, 0.29) is 19.2 Å². The van der Waals surface area contributed by atoms with Crippen LogP contribution in [0, 0.1) is 0 Å². The van der Waals surface area contributed by atoms with Crippen LogP contribution in [0.1, 0.15) is 12.5 Å². The van der Waals surface area contributed by atoms with E-state index < -0.39 is 11.8 Å². The molecule has 9 nitrogen and oxygen atoms in total. The Morgan fingerprint density at radius 1 is 1.08 bits per heavy atom. The SMILES string of the molecule is CC(=O)Nc1ccc(CNC(=O)C(=O)Nc2cccc3c2OCO3)cn1. The summed E-state index contributed by atoms with van der Waals surface area (Å²) < 4.78 is 10.5. The minimum Gasteiger partial charge on any atom is -0.454 e. The van der Waals surface area contributed by atoms with Crippen molar-refractivity contribution in [1.82, 2.24) is 10.3 Å². The molecule has 1 aliphatic heterocycles. The second-order valence-corrected chi connectivity index (χ2v) is 5.41. The first kappa shape index (κ1) is 17.2. The zero-order valence-electron chi connectivity index (χ0n) is 13.9. The molecule has 0 unspecified atom stereocenters. The van der Waals surface area contributed by atoms with Gasteiger partial charge >= 0.3 is 11.8 Å². The molecule has 134 valence electrons. The summed E-state index contributed by atoms with van der Waals surface area (Å²) in [5.41, 5.74) is 1.04. The van der Waals surface area contributed by atoms with Gasteiger partial charge in [0.15, 0.2) is 11.5 Å². The minimum atomic E-state index is -0.822. The average molecular weight is 356 g/mol. The van der Waals surface area contributed by atoms with Crippen molar-refractivity contribution in [2.45, 2.75) is 13.5 Å². The zero-order chi connectivity index (χ0) is 18.5. The zero-order valence-corrected chi connectivity index (χ0v) is 13.9. The molecule has 2 heterocycles. The first-order chi connectivity index (χ1) is 12.5. The number of rotatable bonds is 4. The molecule has 0 saturated heterocycles. The minimum absolute atomic E-state index is 0.0654. The summed E-state index contributed by atoms with van der Waals surface area (Å²) in [6, 6.07) is 8.29. The van der Waals surface area contributed by atoms with Crippen molar-refractivity contribution in [1.29, 1.82) is 0 Å². The third-order valence-electron chi connectivity index (χ3n) is 3.43. The highest BCUT2D eigenvalue weighted by Gasteiger charge is 2.21. The van der Waals surface area contributed by atoms with Crippen molar-refractivity contribution in [2.75, 3.05) is 17.4 Å². The number of para-hydroxylation sites is 1. The molecule has 0 aliphatic carbocycles. The largest absolute Gasteiger partial charge is 0.454 e. The summed E-state index contributed by atoms with van der Waals surface area (Å²) >= 11 is 0. The number of anilines is 2. The van der Waals surface area contributed by atoms with Gasteiger partial charge < -0.3 is 25.4 Å². The number of carbonyl (C=O) groups excluding carboxylic acids is 3. The van der Waals surface area contributed by atoms with Crippen LogP contribution in [0.3, 0.4) is 0 Å². The number of aromatic nitrogens is 1. The smallest absolute Gasteiger partial charge is 0.313 e. The number of fused-ring (bicyclic) bond motifs is 1. The first-order valence-electron chi connectivity index (χ1n) is 7.73. The molecule has 0 saturated carbocycles. The summed E-state index contributed by atoms with van der Waals surface area (Å²) in [5.74, 6) is -0.536. The monoisotopic (exact) mass is 356 g/mol. The Bertz CT molecular complexity index is 851. The molecule has 1 aromatic carbocycles. The third-order valence-corrected chi connectivity index (χ3v) is 3.43. The molecule has 0 bridgehead atoms. The predicted octanol–water partition coefficient (Wildman–Crippen LogP) is 1.02. The second-order valence-electron chi connectivity index (χ2n) is 5.41. The molecule has 0 spiro atoms. The average Bonchev–Trinajstić information content (AvgIpc) is 3.10. The summed E-state index contributed by atoms with van der Waals surface area (Å²) in [4.78, 5) is 39.0. The molecule has 3 amide bonds. The number of amides is 3. The summed E-state index contributed by atoms with van der Waals surface area (Å²) in [6.45, 7) is 1.57. The maximum absolute atomic E-state index is 12.0. The van der Waals surface area contributed by atoms with Gasteiger partial charge in [0.05, 0.1) is 5.69 Å². The molecule has 26 heavy (non-hydrogen) atoms. The van der Waals surface area contributed by atoms with Gasteiger partial charge in [-0.05, 0) is 23.8 Å². The Morgan fingerprint density at radius 3 is 2.65 bits per heavy atom. The van der Waals surface area contributed by atoms with Crippen molar-refractivity contribution in [3.05, 3.63) is 42.1 Å². The van der Waals surface area contributed by atoms with Crippen molar-refractivity contribution in [3.63, 3.8) is 0 Å². The van der Waals surface area contributed by atoms with Gasteiger partial charge in [-0.15, -0.1) is 0 Å². The summed E-state index contributed by atoms with van der Waals surface area (Å²) in [6.07, 6.45) is 1.50. The fourth-order valence-corrected chi connectivity index (χ4v) is 2.25. The number of nitrogens with one attached hydrogen (secondary N) is 3. The predicted molar refractivity (Wildman–Crippen MR) is 91.6 cm³/mol. The molecule has 9 heteroatoms. The van der Waals surface area contributed by atoms with Crippen LogP contribution in [0.15, 0.2) is 36.5 Å². The van der Waals surface area contributed by atoms with E-state index in [0.717, 1.165) is 0 Å². The number of hydrogen-bond acceptors (Lipinski definition) is 6. The van der Waals surface area contributed by atoms with Crippen molar-refractivity contribution < 1.29 is 23.9 Å². The lowest BCUT2D eigenvalue weighted by Crippen LogP contribution is -2.35. The van der Waals surface area contributed by atoms with Crippen molar-refractivity contribution in [3.8, 4) is 11.5 Å². The normalized spacial score (nSPS) is 11.6. The summed E-state index contributed by atoms with van der Waals surface area (Å²) in [7, 11) is 0. The molecule has 0 fully saturated rings. The van der Waals surface area contributed by atoms with Crippen molar-refractivity contribution >= 4 is 29.2 Å². The Morgan fingerprint density at radius 2 is 1.92 bits per heavy atom. The lowest BCUT2D eigenvalue weighted by molar-refractivity contribution is -0.136. The van der Waals surface area contributed by atoms with Crippen LogP contribution in [-0.4, -0.2) is 29.5 Å². The van der Waals surface area contributed by atoms with Crippen LogP contribution in [0.4, 0.5) is 11.5 Å². The highest BCUT2D eigenvalue weighted by molar-refractivity contribution is 6.39. The quantitative estimate of drug-likeness (QED) is 0.704. The number of benzene rings is 1. The van der Waals surface area contributed by atoms with Crippen molar-refractivity contribution in [2.24, 2.45) is 0 Å². The molecular weight excluding hydrogens is 340 g/mol. The van der Waals surface area contributed by atoms with Gasteiger partial charge in [0.1, 0.15) is 5.82 Å². The van der Waals surface area contributed by atoms with E-state index in [2.05, 4.69) is 20.9 Å². The van der Waals surface area contributed by atoms with Crippen LogP contribution in [0.25, 0.3) is 0 Å². The van der Waals surface area contributed by atoms with Gasteiger partial charge in [-0.25, -0.2) is 4.98 Å².